The van der Waals surface area contributed by atoms with E-state index in [1.807, 2.05) is 54.4 Å². The Morgan fingerprint density at radius 1 is 1.08 bits per heavy atom. The Kier molecular flexibility index (Phi) is 5.56. The highest BCUT2D eigenvalue weighted by atomic mass is 32.2. The molecule has 0 aliphatic heterocycles. The van der Waals surface area contributed by atoms with Crippen molar-refractivity contribution in [2.24, 2.45) is 5.92 Å². The van der Waals surface area contributed by atoms with Gasteiger partial charge < -0.3 is 4.90 Å². The predicted molar refractivity (Wildman–Crippen MR) is 98.3 cm³/mol. The lowest BCUT2D eigenvalue weighted by Crippen LogP contribution is -2.39. The molecular formula is C20H24N2OS. The fourth-order valence-corrected chi connectivity index (χ4v) is 4.12. The molecule has 1 amide bonds. The number of amides is 1. The summed E-state index contributed by atoms with van der Waals surface area (Å²) in [5, 5.41) is 0.782. The van der Waals surface area contributed by atoms with Crippen molar-refractivity contribution in [2.45, 2.75) is 48.6 Å². The van der Waals surface area contributed by atoms with Gasteiger partial charge in [-0.25, -0.2) is 4.98 Å². The molecule has 3 rings (SSSR count). The molecule has 1 aliphatic carbocycles. The molecule has 3 nitrogen and oxygen atoms in total. The monoisotopic (exact) mass is 340 g/mol. The molecule has 126 valence electrons. The SMILES string of the molecule is CC1CCC(N(C)C(=O)c2cccnc2Sc2ccccc2)CC1. The number of hydrogen-bond donors (Lipinski definition) is 0. The van der Waals surface area contributed by atoms with Crippen LogP contribution in [0.1, 0.15) is 43.0 Å². The summed E-state index contributed by atoms with van der Waals surface area (Å²) in [6.07, 6.45) is 6.38. The van der Waals surface area contributed by atoms with Crippen LogP contribution in [-0.4, -0.2) is 28.9 Å². The van der Waals surface area contributed by atoms with Gasteiger partial charge in [0.25, 0.3) is 5.91 Å². The van der Waals surface area contributed by atoms with Gasteiger partial charge in [0.15, 0.2) is 0 Å². The number of rotatable bonds is 4. The fourth-order valence-electron chi connectivity index (χ4n) is 3.22. The van der Waals surface area contributed by atoms with E-state index in [-0.39, 0.29) is 5.91 Å². The molecule has 0 spiro atoms. The van der Waals surface area contributed by atoms with Gasteiger partial charge >= 0.3 is 0 Å². The molecule has 1 aromatic heterocycles. The highest BCUT2D eigenvalue weighted by Gasteiger charge is 2.27. The van der Waals surface area contributed by atoms with Crippen LogP contribution in [0.15, 0.2) is 58.6 Å². The molecule has 0 atom stereocenters. The van der Waals surface area contributed by atoms with Crippen molar-refractivity contribution < 1.29 is 4.79 Å². The summed E-state index contributed by atoms with van der Waals surface area (Å²) in [6.45, 7) is 2.30. The second-order valence-electron chi connectivity index (χ2n) is 6.60. The molecular weight excluding hydrogens is 316 g/mol. The summed E-state index contributed by atoms with van der Waals surface area (Å²) in [5.74, 6) is 0.869. The maximum absolute atomic E-state index is 13.0. The van der Waals surface area contributed by atoms with E-state index in [1.54, 1.807) is 18.0 Å². The van der Waals surface area contributed by atoms with E-state index < -0.39 is 0 Å². The van der Waals surface area contributed by atoms with Crippen LogP contribution in [0.4, 0.5) is 0 Å². The molecule has 0 saturated heterocycles. The van der Waals surface area contributed by atoms with Gasteiger partial charge in [0.1, 0.15) is 5.03 Å². The molecule has 1 heterocycles. The summed E-state index contributed by atoms with van der Waals surface area (Å²) in [4.78, 5) is 20.5. The van der Waals surface area contributed by atoms with Gasteiger partial charge in [-0.15, -0.1) is 0 Å². The van der Waals surface area contributed by atoms with Gasteiger partial charge in [-0.05, 0) is 55.9 Å². The Morgan fingerprint density at radius 3 is 2.50 bits per heavy atom. The van der Waals surface area contributed by atoms with E-state index in [2.05, 4.69) is 11.9 Å². The van der Waals surface area contributed by atoms with E-state index in [0.29, 0.717) is 11.6 Å². The van der Waals surface area contributed by atoms with Crippen molar-refractivity contribution in [1.29, 1.82) is 0 Å². The molecule has 1 aromatic carbocycles. The van der Waals surface area contributed by atoms with Crippen molar-refractivity contribution in [3.8, 4) is 0 Å². The van der Waals surface area contributed by atoms with Crippen molar-refractivity contribution >= 4 is 17.7 Å². The molecule has 0 radical (unpaired) electrons. The van der Waals surface area contributed by atoms with Gasteiger partial charge in [0, 0.05) is 24.2 Å². The van der Waals surface area contributed by atoms with Crippen LogP contribution in [0, 0.1) is 5.92 Å². The molecule has 2 aromatic rings. The molecule has 0 N–H and O–H groups in total. The third kappa shape index (κ3) is 3.99. The number of benzene rings is 1. The molecule has 1 aliphatic rings. The lowest BCUT2D eigenvalue weighted by Gasteiger charge is -2.33. The molecule has 0 bridgehead atoms. The minimum Gasteiger partial charge on any atom is -0.339 e. The van der Waals surface area contributed by atoms with E-state index in [1.165, 1.54) is 12.8 Å². The van der Waals surface area contributed by atoms with Crippen LogP contribution in [0.2, 0.25) is 0 Å². The van der Waals surface area contributed by atoms with E-state index >= 15 is 0 Å². The Hall–Kier alpha value is -1.81. The number of carbonyl (C=O) groups excluding carboxylic acids is 1. The van der Waals surface area contributed by atoms with E-state index in [0.717, 1.165) is 28.7 Å². The maximum atomic E-state index is 13.0. The number of aromatic nitrogens is 1. The first kappa shape index (κ1) is 17.0. The normalized spacial score (nSPS) is 20.6. The summed E-state index contributed by atoms with van der Waals surface area (Å²) < 4.78 is 0. The smallest absolute Gasteiger partial charge is 0.256 e. The Labute approximate surface area is 148 Å². The first-order chi connectivity index (χ1) is 11.6. The lowest BCUT2D eigenvalue weighted by atomic mass is 9.86. The summed E-state index contributed by atoms with van der Waals surface area (Å²) in [6, 6.07) is 14.2. The van der Waals surface area contributed by atoms with Gasteiger partial charge in [0.05, 0.1) is 5.56 Å². The topological polar surface area (TPSA) is 33.2 Å². The van der Waals surface area contributed by atoms with Crippen molar-refractivity contribution in [3.05, 3.63) is 54.2 Å². The first-order valence-electron chi connectivity index (χ1n) is 8.60. The van der Waals surface area contributed by atoms with E-state index in [9.17, 15) is 4.79 Å². The number of carbonyl (C=O) groups is 1. The average molecular weight is 340 g/mol. The lowest BCUT2D eigenvalue weighted by molar-refractivity contribution is 0.0675. The Balaban J connectivity index is 1.77. The zero-order chi connectivity index (χ0) is 16.9. The molecule has 24 heavy (non-hydrogen) atoms. The number of pyridine rings is 1. The van der Waals surface area contributed by atoms with Gasteiger partial charge in [-0.1, -0.05) is 36.9 Å². The zero-order valence-corrected chi connectivity index (χ0v) is 15.1. The molecule has 0 unspecified atom stereocenters. The predicted octanol–water partition coefficient (Wildman–Crippen LogP) is 4.88. The van der Waals surface area contributed by atoms with Crippen molar-refractivity contribution in [1.82, 2.24) is 9.88 Å². The van der Waals surface area contributed by atoms with E-state index in [4.69, 9.17) is 0 Å². The van der Waals surface area contributed by atoms with Crippen LogP contribution >= 0.6 is 11.8 Å². The minimum absolute atomic E-state index is 0.0843. The quantitative estimate of drug-likeness (QED) is 0.795. The van der Waals surface area contributed by atoms with Gasteiger partial charge in [-0.2, -0.15) is 0 Å². The van der Waals surface area contributed by atoms with Crippen molar-refractivity contribution in [3.63, 3.8) is 0 Å². The number of nitrogens with zero attached hydrogens (tertiary/aromatic N) is 2. The fraction of sp³-hybridized carbons (Fsp3) is 0.400. The van der Waals surface area contributed by atoms with Crippen LogP contribution in [-0.2, 0) is 0 Å². The third-order valence-electron chi connectivity index (χ3n) is 4.81. The highest BCUT2D eigenvalue weighted by molar-refractivity contribution is 7.99. The summed E-state index contributed by atoms with van der Waals surface area (Å²) >= 11 is 1.55. The minimum atomic E-state index is 0.0843. The number of hydrogen-bond acceptors (Lipinski definition) is 3. The van der Waals surface area contributed by atoms with Crippen LogP contribution in [0.5, 0.6) is 0 Å². The largest absolute Gasteiger partial charge is 0.339 e. The van der Waals surface area contributed by atoms with Crippen LogP contribution < -0.4 is 0 Å². The third-order valence-corrected chi connectivity index (χ3v) is 5.84. The van der Waals surface area contributed by atoms with Crippen LogP contribution in [0.3, 0.4) is 0 Å². The summed E-state index contributed by atoms with van der Waals surface area (Å²) in [7, 11) is 1.94. The van der Waals surface area contributed by atoms with Crippen molar-refractivity contribution in [2.75, 3.05) is 7.05 Å². The first-order valence-corrected chi connectivity index (χ1v) is 9.42. The van der Waals surface area contributed by atoms with Crippen LogP contribution in [0.25, 0.3) is 0 Å². The zero-order valence-electron chi connectivity index (χ0n) is 14.3. The summed E-state index contributed by atoms with van der Waals surface area (Å²) in [5.41, 5.74) is 0.701. The highest BCUT2D eigenvalue weighted by Crippen LogP contribution is 2.31. The molecule has 4 heteroatoms. The Morgan fingerprint density at radius 2 is 1.79 bits per heavy atom. The molecule has 1 fully saturated rings. The second kappa shape index (κ2) is 7.84. The molecule has 1 saturated carbocycles. The second-order valence-corrected chi connectivity index (χ2v) is 7.66. The Bertz CT molecular complexity index is 681. The van der Waals surface area contributed by atoms with Gasteiger partial charge in [0.2, 0.25) is 0 Å². The average Bonchev–Trinajstić information content (AvgIpc) is 2.62. The standard InChI is InChI=1S/C20H24N2OS/c1-15-10-12-16(13-11-15)22(2)20(23)18-9-6-14-21-19(18)24-17-7-4-3-5-8-17/h3-9,14-16H,10-13H2,1-2H3. The maximum Gasteiger partial charge on any atom is 0.256 e. The van der Waals surface area contributed by atoms with Gasteiger partial charge in [-0.3, -0.25) is 4.79 Å².